The predicted molar refractivity (Wildman–Crippen MR) is 113 cm³/mol. The monoisotopic (exact) mass is 450 g/mol. The molecule has 32 heavy (non-hydrogen) atoms. The maximum Gasteiger partial charge on any atom is 0.420 e. The zero-order valence-corrected chi connectivity index (χ0v) is 18.2. The van der Waals surface area contributed by atoms with Crippen LogP contribution in [-0.4, -0.2) is 63.8 Å². The molecule has 7 nitrogen and oxygen atoms in total. The van der Waals surface area contributed by atoms with Crippen LogP contribution in [0.4, 0.5) is 19.0 Å². The minimum absolute atomic E-state index is 0.00475. The number of fused-ring (bicyclic) bond motifs is 1. The molecular weight excluding hydrogens is 421 g/mol. The second-order valence-corrected chi connectivity index (χ2v) is 9.50. The normalized spacial score (nSPS) is 27.1. The van der Waals surface area contributed by atoms with E-state index in [2.05, 4.69) is 25.5 Å². The Labute approximate surface area is 185 Å². The molecule has 3 atom stereocenters. The largest absolute Gasteiger partial charge is 0.420 e. The van der Waals surface area contributed by atoms with Gasteiger partial charge in [0, 0.05) is 57.7 Å². The molecule has 2 aromatic rings. The van der Waals surface area contributed by atoms with Crippen molar-refractivity contribution in [1.82, 2.24) is 24.9 Å². The van der Waals surface area contributed by atoms with Crippen LogP contribution < -0.4 is 5.32 Å². The maximum atomic E-state index is 13.8. The highest BCUT2D eigenvalue weighted by Gasteiger charge is 2.42. The summed E-state index contributed by atoms with van der Waals surface area (Å²) in [5.74, 6) is 1.60. The molecule has 2 aliphatic heterocycles. The number of hydrogen-bond donors (Lipinski definition) is 1. The summed E-state index contributed by atoms with van der Waals surface area (Å²) in [5.41, 5.74) is -0.0929. The second-order valence-electron chi connectivity index (χ2n) is 9.50. The molecular formula is C22H29F3N6O. The topological polar surface area (TPSA) is 68.1 Å². The predicted octanol–water partition coefficient (Wildman–Crippen LogP) is 3.44. The number of halogens is 3. The minimum atomic E-state index is -4.51. The number of hydrogen-bond acceptors (Lipinski definition) is 6. The number of rotatable bonds is 5. The standard InChI is InChI=1S/C22H29F3N6O/c1-30-11-17(9-26-30)20-8-19(22(23,24)25)21(29-28-20)27-18-6-15-12-31(13-16(15)7-18)10-14-2-4-32-5-3-14/h8-9,11,14-16,18H,2-7,10,12-13H2,1H3,(H,27,29)/t15-,16+,18+. The lowest BCUT2D eigenvalue weighted by molar-refractivity contribution is -0.137. The van der Waals surface area contributed by atoms with E-state index < -0.39 is 11.7 Å². The van der Waals surface area contributed by atoms with Gasteiger partial charge in [-0.05, 0) is 49.5 Å². The molecule has 4 heterocycles. The second kappa shape index (κ2) is 8.62. The van der Waals surface area contributed by atoms with Gasteiger partial charge in [0.05, 0.1) is 11.9 Å². The average Bonchev–Trinajstić information content (AvgIpc) is 3.43. The summed E-state index contributed by atoms with van der Waals surface area (Å²) in [4.78, 5) is 2.55. The Kier molecular flexibility index (Phi) is 5.83. The van der Waals surface area contributed by atoms with Crippen molar-refractivity contribution in [3.8, 4) is 11.3 Å². The summed E-state index contributed by atoms with van der Waals surface area (Å²) in [6, 6.07) is 1.06. The molecule has 1 saturated carbocycles. The molecule has 1 aliphatic carbocycles. The van der Waals surface area contributed by atoms with E-state index in [1.54, 1.807) is 13.2 Å². The molecule has 0 radical (unpaired) electrons. The van der Waals surface area contributed by atoms with Gasteiger partial charge >= 0.3 is 6.18 Å². The Morgan fingerprint density at radius 1 is 1.12 bits per heavy atom. The molecule has 2 saturated heterocycles. The van der Waals surface area contributed by atoms with E-state index in [9.17, 15) is 13.2 Å². The number of alkyl halides is 3. The number of ether oxygens (including phenoxy) is 1. The van der Waals surface area contributed by atoms with E-state index in [-0.39, 0.29) is 17.6 Å². The van der Waals surface area contributed by atoms with Crippen molar-refractivity contribution < 1.29 is 17.9 Å². The Hall–Kier alpha value is -2.20. The summed E-state index contributed by atoms with van der Waals surface area (Å²) >= 11 is 0. The highest BCUT2D eigenvalue weighted by atomic mass is 19.4. The lowest BCUT2D eigenvalue weighted by Gasteiger charge is -2.28. The molecule has 0 amide bonds. The van der Waals surface area contributed by atoms with Crippen LogP contribution in [0.1, 0.15) is 31.2 Å². The molecule has 3 aliphatic rings. The quantitative estimate of drug-likeness (QED) is 0.753. The highest BCUT2D eigenvalue weighted by molar-refractivity contribution is 5.61. The summed E-state index contributed by atoms with van der Waals surface area (Å²) in [6.45, 7) is 4.92. The first-order valence-electron chi connectivity index (χ1n) is 11.4. The molecule has 3 fully saturated rings. The Morgan fingerprint density at radius 2 is 1.84 bits per heavy atom. The average molecular weight is 451 g/mol. The van der Waals surface area contributed by atoms with Crippen molar-refractivity contribution in [3.63, 3.8) is 0 Å². The number of nitrogens with one attached hydrogen (secondary N) is 1. The minimum Gasteiger partial charge on any atom is -0.381 e. The third kappa shape index (κ3) is 4.61. The van der Waals surface area contributed by atoms with Gasteiger partial charge in [0.15, 0.2) is 5.82 Å². The third-order valence-corrected chi connectivity index (χ3v) is 7.12. The lowest BCUT2D eigenvalue weighted by atomic mass is 10.00. The number of aromatic nitrogens is 4. The molecule has 2 aromatic heterocycles. The van der Waals surface area contributed by atoms with Gasteiger partial charge < -0.3 is 15.0 Å². The molecule has 0 spiro atoms. The van der Waals surface area contributed by atoms with E-state index in [1.807, 2.05) is 0 Å². The van der Waals surface area contributed by atoms with Crippen molar-refractivity contribution in [2.24, 2.45) is 24.8 Å². The van der Waals surface area contributed by atoms with E-state index in [1.165, 1.54) is 10.9 Å². The molecule has 174 valence electrons. The number of anilines is 1. The Bertz CT molecular complexity index is 928. The Balaban J connectivity index is 1.23. The maximum absolute atomic E-state index is 13.8. The van der Waals surface area contributed by atoms with E-state index >= 15 is 0 Å². The SMILES string of the molecule is Cn1cc(-c2cc(C(F)(F)F)c(N[C@H]3C[C@@H]4CN(CC5CCOCC5)C[C@@H]4C3)nn2)cn1. The molecule has 0 aromatic carbocycles. The molecule has 10 heteroatoms. The first-order valence-corrected chi connectivity index (χ1v) is 11.4. The first-order chi connectivity index (χ1) is 15.3. The Morgan fingerprint density at radius 3 is 2.47 bits per heavy atom. The van der Waals surface area contributed by atoms with Gasteiger partial charge in [0.1, 0.15) is 5.56 Å². The van der Waals surface area contributed by atoms with Crippen LogP contribution in [0, 0.1) is 17.8 Å². The smallest absolute Gasteiger partial charge is 0.381 e. The number of nitrogens with zero attached hydrogens (tertiary/aromatic N) is 5. The fourth-order valence-electron chi connectivity index (χ4n) is 5.56. The van der Waals surface area contributed by atoms with Gasteiger partial charge in [-0.1, -0.05) is 0 Å². The fraction of sp³-hybridized carbons (Fsp3) is 0.682. The summed E-state index contributed by atoms with van der Waals surface area (Å²) < 4.78 is 48.3. The van der Waals surface area contributed by atoms with Gasteiger partial charge in [-0.25, -0.2) is 0 Å². The molecule has 5 rings (SSSR count). The van der Waals surface area contributed by atoms with Crippen molar-refractivity contribution in [1.29, 1.82) is 0 Å². The van der Waals surface area contributed by atoms with Crippen molar-refractivity contribution >= 4 is 5.82 Å². The van der Waals surface area contributed by atoms with Crippen LogP contribution in [0.3, 0.4) is 0 Å². The van der Waals surface area contributed by atoms with Gasteiger partial charge in [0.25, 0.3) is 0 Å². The van der Waals surface area contributed by atoms with E-state index in [0.29, 0.717) is 23.3 Å². The van der Waals surface area contributed by atoms with E-state index in [0.717, 1.165) is 64.6 Å². The zero-order chi connectivity index (χ0) is 22.3. The van der Waals surface area contributed by atoms with Crippen molar-refractivity contribution in [2.45, 2.75) is 37.9 Å². The van der Waals surface area contributed by atoms with Crippen LogP contribution in [0.15, 0.2) is 18.5 Å². The van der Waals surface area contributed by atoms with Crippen LogP contribution >= 0.6 is 0 Å². The first kappa shape index (κ1) is 21.6. The van der Waals surface area contributed by atoms with Gasteiger partial charge in [-0.15, -0.1) is 10.2 Å². The summed E-state index contributed by atoms with van der Waals surface area (Å²) in [5, 5.41) is 15.1. The van der Waals surface area contributed by atoms with Gasteiger partial charge in [-0.3, -0.25) is 4.68 Å². The van der Waals surface area contributed by atoms with Crippen molar-refractivity contribution in [2.75, 3.05) is 38.2 Å². The zero-order valence-electron chi connectivity index (χ0n) is 18.2. The lowest BCUT2D eigenvalue weighted by Crippen LogP contribution is -2.32. The van der Waals surface area contributed by atoms with E-state index in [4.69, 9.17) is 4.74 Å². The van der Waals surface area contributed by atoms with Crippen LogP contribution in [0.25, 0.3) is 11.3 Å². The number of aryl methyl sites for hydroxylation is 1. The third-order valence-electron chi connectivity index (χ3n) is 7.12. The summed E-state index contributed by atoms with van der Waals surface area (Å²) in [6.07, 6.45) is 2.61. The van der Waals surface area contributed by atoms with Crippen LogP contribution in [0.5, 0.6) is 0 Å². The molecule has 0 unspecified atom stereocenters. The molecule has 1 N–H and O–H groups in total. The summed E-state index contributed by atoms with van der Waals surface area (Å²) in [7, 11) is 1.71. The van der Waals surface area contributed by atoms with Gasteiger partial charge in [-0.2, -0.15) is 18.3 Å². The van der Waals surface area contributed by atoms with Crippen LogP contribution in [-0.2, 0) is 18.0 Å². The highest BCUT2D eigenvalue weighted by Crippen LogP contribution is 2.41. The number of likely N-dealkylation sites (tertiary alicyclic amines) is 1. The fourth-order valence-corrected chi connectivity index (χ4v) is 5.56. The molecule has 0 bridgehead atoms. The van der Waals surface area contributed by atoms with Crippen molar-refractivity contribution in [3.05, 3.63) is 24.0 Å². The van der Waals surface area contributed by atoms with Crippen LogP contribution in [0.2, 0.25) is 0 Å². The van der Waals surface area contributed by atoms with Gasteiger partial charge in [0.2, 0.25) is 0 Å².